The van der Waals surface area contributed by atoms with E-state index in [1.165, 1.54) is 0 Å². The fourth-order valence-electron chi connectivity index (χ4n) is 2.25. The summed E-state index contributed by atoms with van der Waals surface area (Å²) in [5, 5.41) is 4.86. The van der Waals surface area contributed by atoms with Crippen LogP contribution < -0.4 is 4.90 Å². The third-order valence-electron chi connectivity index (χ3n) is 3.61. The molecule has 0 spiro atoms. The first kappa shape index (κ1) is 14.6. The van der Waals surface area contributed by atoms with Gasteiger partial charge in [-0.2, -0.15) is 16.9 Å². The molecule has 0 N–H and O–H groups in total. The molecule has 0 unspecified atom stereocenters. The van der Waals surface area contributed by atoms with Crippen LogP contribution in [0.4, 0.5) is 5.69 Å². The Morgan fingerprint density at radius 2 is 2.38 bits per heavy atom. The Kier molecular flexibility index (Phi) is 4.03. The van der Waals surface area contributed by atoms with Gasteiger partial charge in [0.15, 0.2) is 4.60 Å². The molecule has 7 heteroatoms. The molecule has 1 fully saturated rings. The maximum Gasteiger partial charge on any atom is 0.231 e. The van der Waals surface area contributed by atoms with Gasteiger partial charge in [-0.15, -0.1) is 0 Å². The summed E-state index contributed by atoms with van der Waals surface area (Å²) in [7, 11) is 1.80. The molecule has 0 radical (unpaired) electrons. The zero-order valence-corrected chi connectivity index (χ0v) is 14.1. The van der Waals surface area contributed by atoms with E-state index in [2.05, 4.69) is 26.0 Å². The van der Waals surface area contributed by atoms with Crippen LogP contribution in [0.1, 0.15) is 6.42 Å². The smallest absolute Gasteiger partial charge is 0.231 e. The average molecular weight is 367 g/mol. The third-order valence-corrected chi connectivity index (χ3v) is 5.30. The summed E-state index contributed by atoms with van der Waals surface area (Å²) >= 11 is 5.19. The Morgan fingerprint density at radius 3 is 3.00 bits per heavy atom. The molecule has 1 aliphatic carbocycles. The van der Waals surface area contributed by atoms with Gasteiger partial charge in [-0.1, -0.05) is 0 Å². The lowest BCUT2D eigenvalue weighted by molar-refractivity contribution is -0.119. The first-order chi connectivity index (χ1) is 10.1. The van der Waals surface area contributed by atoms with Crippen LogP contribution in [0, 0.1) is 5.92 Å². The Hall–Kier alpha value is -1.34. The van der Waals surface area contributed by atoms with E-state index in [4.69, 9.17) is 0 Å². The van der Waals surface area contributed by atoms with Gasteiger partial charge in [0.05, 0.1) is 29.7 Å². The van der Waals surface area contributed by atoms with E-state index in [9.17, 15) is 4.79 Å². The molecule has 0 saturated heterocycles. The van der Waals surface area contributed by atoms with Crippen LogP contribution in [0.2, 0.25) is 0 Å². The third kappa shape index (κ3) is 2.85. The molecule has 1 saturated carbocycles. The van der Waals surface area contributed by atoms with Crippen molar-refractivity contribution < 1.29 is 4.79 Å². The summed E-state index contributed by atoms with van der Waals surface area (Å²) in [6.45, 7) is 0. The van der Waals surface area contributed by atoms with E-state index in [-0.39, 0.29) is 11.8 Å². The van der Waals surface area contributed by atoms with Crippen LogP contribution in [0.25, 0.3) is 5.69 Å². The van der Waals surface area contributed by atoms with Crippen molar-refractivity contribution >= 4 is 39.3 Å². The number of hydrogen-bond acceptors (Lipinski definition) is 4. The van der Waals surface area contributed by atoms with Crippen molar-refractivity contribution in [1.82, 2.24) is 14.8 Å². The van der Waals surface area contributed by atoms with Crippen LogP contribution in [-0.2, 0) is 4.79 Å². The molecule has 5 nitrogen and oxygen atoms in total. The number of thioether (sulfide) groups is 1. The highest BCUT2D eigenvalue weighted by Crippen LogP contribution is 2.42. The van der Waals surface area contributed by atoms with E-state index in [0.29, 0.717) is 9.85 Å². The molecule has 0 aromatic carbocycles. The molecular weight excluding hydrogens is 352 g/mol. The number of halogens is 1. The summed E-state index contributed by atoms with van der Waals surface area (Å²) in [6.07, 6.45) is 8.31. The maximum absolute atomic E-state index is 12.4. The fraction of sp³-hybridized carbons (Fsp3) is 0.357. The highest BCUT2D eigenvalue weighted by molar-refractivity contribution is 9.10. The van der Waals surface area contributed by atoms with Gasteiger partial charge in [-0.3, -0.25) is 9.78 Å². The Labute approximate surface area is 135 Å². The number of carbonyl (C=O) groups is 1. The van der Waals surface area contributed by atoms with Crippen LogP contribution in [0.15, 0.2) is 35.3 Å². The van der Waals surface area contributed by atoms with Crippen LogP contribution in [0.3, 0.4) is 0 Å². The first-order valence-electron chi connectivity index (χ1n) is 6.57. The van der Waals surface area contributed by atoms with Crippen LogP contribution in [0.5, 0.6) is 0 Å². The van der Waals surface area contributed by atoms with E-state index in [0.717, 1.165) is 17.8 Å². The summed E-state index contributed by atoms with van der Waals surface area (Å²) in [6, 6.07) is 3.77. The lowest BCUT2D eigenvalue weighted by Crippen LogP contribution is -2.28. The van der Waals surface area contributed by atoms with Gasteiger partial charge < -0.3 is 4.90 Å². The molecule has 2 atom stereocenters. The zero-order valence-electron chi connectivity index (χ0n) is 11.7. The van der Waals surface area contributed by atoms with Crippen LogP contribution >= 0.6 is 27.7 Å². The van der Waals surface area contributed by atoms with Crippen LogP contribution in [-0.4, -0.2) is 39.2 Å². The number of anilines is 1. The van der Waals surface area contributed by atoms with E-state index < -0.39 is 0 Å². The number of carbonyl (C=O) groups excluding carboxylic acids is 1. The number of nitrogens with zero attached hydrogens (tertiary/aromatic N) is 4. The summed E-state index contributed by atoms with van der Waals surface area (Å²) in [5.41, 5.74) is 1.63. The van der Waals surface area contributed by atoms with Crippen molar-refractivity contribution in [3.05, 3.63) is 35.3 Å². The molecule has 2 heterocycles. The second kappa shape index (κ2) is 5.81. The van der Waals surface area contributed by atoms with Gasteiger partial charge in [-0.25, -0.2) is 4.68 Å². The average Bonchev–Trinajstić information content (AvgIpc) is 3.21. The Bertz CT molecular complexity index is 660. The van der Waals surface area contributed by atoms with Gasteiger partial charge in [0.25, 0.3) is 0 Å². The fourth-order valence-corrected chi connectivity index (χ4v) is 3.63. The van der Waals surface area contributed by atoms with Crippen molar-refractivity contribution in [3.8, 4) is 5.69 Å². The van der Waals surface area contributed by atoms with Gasteiger partial charge in [-0.05, 0) is 40.7 Å². The second-order valence-corrected chi connectivity index (χ2v) is 6.80. The minimum absolute atomic E-state index is 0.138. The van der Waals surface area contributed by atoms with Gasteiger partial charge in [0.2, 0.25) is 5.91 Å². The maximum atomic E-state index is 12.4. The number of amides is 1. The Balaban J connectivity index is 1.83. The second-order valence-electron chi connectivity index (χ2n) is 4.97. The minimum atomic E-state index is 0.138. The first-order valence-corrected chi connectivity index (χ1v) is 8.66. The van der Waals surface area contributed by atoms with E-state index in [1.807, 2.05) is 24.6 Å². The number of rotatable bonds is 4. The standard InChI is InChI=1S/C14H15BrN4OS/c1-18(14(20)10-6-12(10)21-2)11-8-19(17-13(11)15)9-4-3-5-16-7-9/h3-5,7-8,10,12H,6H2,1-2H3/t10-,12-/m1/s1. The molecule has 0 aliphatic heterocycles. The largest absolute Gasteiger partial charge is 0.311 e. The van der Waals surface area contributed by atoms with E-state index >= 15 is 0 Å². The topological polar surface area (TPSA) is 51.0 Å². The molecule has 0 bridgehead atoms. The zero-order chi connectivity index (χ0) is 15.0. The molecule has 2 aromatic rings. The Morgan fingerprint density at radius 1 is 1.57 bits per heavy atom. The quantitative estimate of drug-likeness (QED) is 0.834. The summed E-state index contributed by atoms with van der Waals surface area (Å²) in [5.74, 6) is 0.291. The highest BCUT2D eigenvalue weighted by atomic mass is 79.9. The van der Waals surface area contributed by atoms with Crippen molar-refractivity contribution in [2.75, 3.05) is 18.2 Å². The van der Waals surface area contributed by atoms with Gasteiger partial charge in [0.1, 0.15) is 0 Å². The van der Waals surface area contributed by atoms with E-state index in [1.54, 1.807) is 40.8 Å². The summed E-state index contributed by atoms with van der Waals surface area (Å²) in [4.78, 5) is 18.2. The van der Waals surface area contributed by atoms with Crippen molar-refractivity contribution in [3.63, 3.8) is 0 Å². The van der Waals surface area contributed by atoms with Gasteiger partial charge >= 0.3 is 0 Å². The predicted octanol–water partition coefficient (Wildman–Crippen LogP) is 2.74. The lowest BCUT2D eigenvalue weighted by Gasteiger charge is -2.15. The highest BCUT2D eigenvalue weighted by Gasteiger charge is 2.44. The normalized spacial score (nSPS) is 20.3. The molecule has 110 valence electrons. The van der Waals surface area contributed by atoms with Crippen molar-refractivity contribution in [2.45, 2.75) is 11.7 Å². The lowest BCUT2D eigenvalue weighted by atomic mass is 10.3. The number of aromatic nitrogens is 3. The molecule has 1 amide bonds. The molecule has 1 aliphatic rings. The molecular formula is C14H15BrN4OS. The summed E-state index contributed by atoms with van der Waals surface area (Å²) < 4.78 is 2.37. The predicted molar refractivity (Wildman–Crippen MR) is 87.9 cm³/mol. The monoisotopic (exact) mass is 366 g/mol. The minimum Gasteiger partial charge on any atom is -0.311 e. The molecule has 3 rings (SSSR count). The van der Waals surface area contributed by atoms with Crippen molar-refractivity contribution in [1.29, 1.82) is 0 Å². The number of pyridine rings is 1. The van der Waals surface area contributed by atoms with Crippen molar-refractivity contribution in [2.24, 2.45) is 5.92 Å². The molecule has 21 heavy (non-hydrogen) atoms. The van der Waals surface area contributed by atoms with Gasteiger partial charge in [0, 0.05) is 18.5 Å². The SMILES string of the molecule is CS[C@@H]1C[C@H]1C(=O)N(C)c1cn(-c2cccnc2)nc1Br. The molecule has 2 aromatic heterocycles. The number of hydrogen-bond donors (Lipinski definition) is 0.